The van der Waals surface area contributed by atoms with E-state index >= 15 is 0 Å². The van der Waals surface area contributed by atoms with E-state index in [1.807, 2.05) is 43.3 Å². The van der Waals surface area contributed by atoms with Gasteiger partial charge in [0.25, 0.3) is 10.0 Å². The molecule has 4 aromatic rings. The van der Waals surface area contributed by atoms with Gasteiger partial charge in [0.1, 0.15) is 6.54 Å². The summed E-state index contributed by atoms with van der Waals surface area (Å²) in [6.07, 6.45) is 0. The van der Waals surface area contributed by atoms with Crippen molar-refractivity contribution in [2.24, 2.45) is 0 Å². The van der Waals surface area contributed by atoms with E-state index in [-0.39, 0.29) is 34.1 Å². The lowest BCUT2D eigenvalue weighted by atomic mass is 9.96. The number of carbonyl (C=O) groups is 1. The molecular weight excluding hydrogens is 577 g/mol. The highest BCUT2D eigenvalue weighted by molar-refractivity contribution is 7.92. The Morgan fingerprint density at radius 3 is 1.88 bits per heavy atom. The van der Waals surface area contributed by atoms with E-state index in [9.17, 15) is 13.2 Å². The molecule has 1 saturated heterocycles. The van der Waals surface area contributed by atoms with Gasteiger partial charge in [0.15, 0.2) is 0 Å². The summed E-state index contributed by atoms with van der Waals surface area (Å²) in [5.74, 6) is -0.276. The smallest absolute Gasteiger partial charge is 0.264 e. The normalized spacial score (nSPS) is 14.3. The number of aryl methyl sites for hydroxylation is 1. The first-order chi connectivity index (χ1) is 19.7. The lowest BCUT2D eigenvalue weighted by molar-refractivity contribution is -0.131. The monoisotopic (exact) mass is 607 g/mol. The summed E-state index contributed by atoms with van der Waals surface area (Å²) in [4.78, 5) is 17.8. The molecule has 1 aliphatic rings. The fourth-order valence-electron chi connectivity index (χ4n) is 5.13. The van der Waals surface area contributed by atoms with Gasteiger partial charge < -0.3 is 4.90 Å². The lowest BCUT2D eigenvalue weighted by Gasteiger charge is -2.40. The van der Waals surface area contributed by atoms with Gasteiger partial charge in [-0.3, -0.25) is 14.0 Å². The van der Waals surface area contributed by atoms with E-state index < -0.39 is 10.0 Å². The highest BCUT2D eigenvalue weighted by Gasteiger charge is 2.32. The summed E-state index contributed by atoms with van der Waals surface area (Å²) >= 11 is 12.4. The quantitative estimate of drug-likeness (QED) is 0.231. The maximum absolute atomic E-state index is 13.8. The van der Waals surface area contributed by atoms with Crippen LogP contribution in [0.3, 0.4) is 0 Å². The van der Waals surface area contributed by atoms with Crippen LogP contribution in [0.25, 0.3) is 0 Å². The average Bonchev–Trinajstić information content (AvgIpc) is 2.99. The highest BCUT2D eigenvalue weighted by atomic mass is 35.5. The van der Waals surface area contributed by atoms with E-state index in [2.05, 4.69) is 29.2 Å². The van der Waals surface area contributed by atoms with Crippen LogP contribution in [0.4, 0.5) is 5.69 Å². The van der Waals surface area contributed by atoms with E-state index in [0.29, 0.717) is 31.2 Å². The van der Waals surface area contributed by atoms with Crippen LogP contribution in [-0.2, 0) is 14.8 Å². The van der Waals surface area contributed by atoms with E-state index in [1.165, 1.54) is 23.3 Å². The van der Waals surface area contributed by atoms with Gasteiger partial charge in [-0.2, -0.15) is 0 Å². The molecule has 0 aromatic heterocycles. The van der Waals surface area contributed by atoms with Crippen LogP contribution in [-0.4, -0.2) is 56.8 Å². The predicted molar refractivity (Wildman–Crippen MR) is 165 cm³/mol. The zero-order valence-electron chi connectivity index (χ0n) is 22.7. The van der Waals surface area contributed by atoms with Gasteiger partial charge in [0.2, 0.25) is 5.91 Å². The molecule has 0 unspecified atom stereocenters. The van der Waals surface area contributed by atoms with Crippen molar-refractivity contribution in [3.05, 3.63) is 130 Å². The van der Waals surface area contributed by atoms with Crippen LogP contribution in [0.15, 0.2) is 108 Å². The minimum Gasteiger partial charge on any atom is -0.339 e. The Kier molecular flexibility index (Phi) is 9.00. The van der Waals surface area contributed by atoms with Crippen LogP contribution in [0.2, 0.25) is 10.0 Å². The SMILES string of the molecule is Cc1ccc(S(=O)(=O)N(CC(=O)N2CCN(C(c3ccccc3)c3ccccc3)CC2)c2ccc(Cl)c(Cl)c2)cc1. The second kappa shape index (κ2) is 12.7. The van der Waals surface area contributed by atoms with E-state index in [1.54, 1.807) is 35.2 Å². The second-order valence-corrected chi connectivity index (χ2v) is 12.7. The molecule has 0 radical (unpaired) electrons. The van der Waals surface area contributed by atoms with Crippen LogP contribution < -0.4 is 4.31 Å². The lowest BCUT2D eigenvalue weighted by Crippen LogP contribution is -2.52. The standard InChI is InChI=1S/C32H31Cl2N3O3S/c1-24-12-15-28(16-13-24)41(39,40)37(27-14-17-29(33)30(34)22-27)23-31(38)35-18-20-36(21-19-35)32(25-8-4-2-5-9-25)26-10-6-3-7-11-26/h2-17,22,32H,18-21,23H2,1H3. The molecule has 0 bridgehead atoms. The fraction of sp³-hybridized carbons (Fsp3) is 0.219. The van der Waals surface area contributed by atoms with Gasteiger partial charge >= 0.3 is 0 Å². The van der Waals surface area contributed by atoms with Gasteiger partial charge in [-0.25, -0.2) is 8.42 Å². The number of sulfonamides is 1. The molecule has 0 saturated carbocycles. The maximum Gasteiger partial charge on any atom is 0.264 e. The minimum absolute atomic E-state index is 0.0595. The number of anilines is 1. The molecule has 1 fully saturated rings. The highest BCUT2D eigenvalue weighted by Crippen LogP contribution is 2.32. The summed E-state index contributed by atoms with van der Waals surface area (Å²) in [6.45, 7) is 3.80. The summed E-state index contributed by atoms with van der Waals surface area (Å²) in [5, 5.41) is 0.513. The van der Waals surface area contributed by atoms with Crippen molar-refractivity contribution >= 4 is 44.8 Å². The molecule has 6 nitrogen and oxygen atoms in total. The van der Waals surface area contributed by atoms with Crippen molar-refractivity contribution in [2.45, 2.75) is 17.9 Å². The Labute approximate surface area is 251 Å². The van der Waals surface area contributed by atoms with Crippen molar-refractivity contribution in [3.8, 4) is 0 Å². The molecule has 0 atom stereocenters. The van der Waals surface area contributed by atoms with Crippen molar-refractivity contribution in [2.75, 3.05) is 37.0 Å². The topological polar surface area (TPSA) is 60.9 Å². The number of halogens is 2. The van der Waals surface area contributed by atoms with Crippen LogP contribution in [0, 0.1) is 6.92 Å². The minimum atomic E-state index is -4.06. The van der Waals surface area contributed by atoms with Crippen LogP contribution in [0.1, 0.15) is 22.7 Å². The molecule has 212 valence electrons. The number of amides is 1. The van der Waals surface area contributed by atoms with E-state index in [4.69, 9.17) is 23.2 Å². The van der Waals surface area contributed by atoms with Crippen molar-refractivity contribution < 1.29 is 13.2 Å². The largest absolute Gasteiger partial charge is 0.339 e. The summed E-state index contributed by atoms with van der Waals surface area (Å²) in [7, 11) is -4.06. The van der Waals surface area contributed by atoms with Gasteiger partial charge in [0, 0.05) is 26.2 Å². The first-order valence-electron chi connectivity index (χ1n) is 13.4. The van der Waals surface area contributed by atoms with Crippen molar-refractivity contribution in [1.82, 2.24) is 9.80 Å². The Hall–Kier alpha value is -3.36. The van der Waals surface area contributed by atoms with E-state index in [0.717, 1.165) is 9.87 Å². The van der Waals surface area contributed by atoms with Crippen molar-refractivity contribution in [1.29, 1.82) is 0 Å². The second-order valence-electron chi connectivity index (χ2n) is 10.1. The number of carbonyl (C=O) groups excluding carboxylic acids is 1. The number of hydrogen-bond donors (Lipinski definition) is 0. The van der Waals surface area contributed by atoms with Crippen LogP contribution in [0.5, 0.6) is 0 Å². The van der Waals surface area contributed by atoms with Crippen LogP contribution >= 0.6 is 23.2 Å². The van der Waals surface area contributed by atoms with Gasteiger partial charge in [0.05, 0.1) is 26.7 Å². The Morgan fingerprint density at radius 2 is 1.34 bits per heavy atom. The number of hydrogen-bond acceptors (Lipinski definition) is 4. The first-order valence-corrected chi connectivity index (χ1v) is 15.6. The number of benzene rings is 4. The molecule has 1 amide bonds. The third-order valence-corrected chi connectivity index (χ3v) is 9.87. The molecule has 0 N–H and O–H groups in total. The fourth-order valence-corrected chi connectivity index (χ4v) is 6.83. The molecule has 1 aliphatic heterocycles. The molecule has 4 aromatic carbocycles. The maximum atomic E-state index is 13.8. The third-order valence-electron chi connectivity index (χ3n) is 7.34. The van der Waals surface area contributed by atoms with Gasteiger partial charge in [-0.1, -0.05) is 102 Å². The molecular formula is C32H31Cl2N3O3S. The summed E-state index contributed by atoms with van der Waals surface area (Å²) in [5.41, 5.74) is 3.59. The zero-order chi connectivity index (χ0) is 29.0. The molecule has 0 spiro atoms. The van der Waals surface area contributed by atoms with Gasteiger partial charge in [-0.15, -0.1) is 0 Å². The number of rotatable bonds is 8. The third kappa shape index (κ3) is 6.60. The van der Waals surface area contributed by atoms with Gasteiger partial charge in [-0.05, 0) is 48.4 Å². The average molecular weight is 609 g/mol. The molecule has 9 heteroatoms. The number of piperazine rings is 1. The Balaban J connectivity index is 1.36. The zero-order valence-corrected chi connectivity index (χ0v) is 25.0. The molecule has 0 aliphatic carbocycles. The Morgan fingerprint density at radius 1 is 0.780 bits per heavy atom. The molecule has 5 rings (SSSR count). The first kappa shape index (κ1) is 29.1. The molecule has 41 heavy (non-hydrogen) atoms. The summed E-state index contributed by atoms with van der Waals surface area (Å²) < 4.78 is 28.7. The molecule has 1 heterocycles. The number of nitrogens with zero attached hydrogens (tertiary/aromatic N) is 3. The Bertz CT molecular complexity index is 1550. The predicted octanol–water partition coefficient (Wildman–Crippen LogP) is 6.43. The summed E-state index contributed by atoms with van der Waals surface area (Å²) in [6, 6.07) is 31.9. The van der Waals surface area contributed by atoms with Crippen molar-refractivity contribution in [3.63, 3.8) is 0 Å².